The van der Waals surface area contributed by atoms with Gasteiger partial charge in [0.15, 0.2) is 50.3 Å². The number of aliphatic hydroxyl groups is 6. The van der Waals surface area contributed by atoms with E-state index in [9.17, 15) is 36.2 Å². The lowest BCUT2D eigenvalue weighted by Gasteiger charge is -2.52. The van der Waals surface area contributed by atoms with Crippen LogP contribution in [-0.2, 0) is 133 Å². The van der Waals surface area contributed by atoms with Gasteiger partial charge < -0.3 is 163 Å². The van der Waals surface area contributed by atoms with Crippen LogP contribution in [0.1, 0.15) is 11.9 Å². The maximum atomic E-state index is 11.7. The third kappa shape index (κ3) is 16.2. The first-order valence-corrected chi connectivity index (χ1v) is 32.2. The van der Waals surface area contributed by atoms with E-state index in [4.69, 9.17) is 133 Å². The van der Waals surface area contributed by atoms with Gasteiger partial charge in [0.25, 0.3) is 0 Å². The first kappa shape index (κ1) is 77.8. The molecule has 1 aromatic carbocycles. The minimum atomic E-state index is -1.92. The number of hydrogen-bond acceptors (Lipinski definition) is 35. The van der Waals surface area contributed by atoms with Crippen LogP contribution in [0.15, 0.2) is 35.4 Å². The summed E-state index contributed by atoms with van der Waals surface area (Å²) in [4.78, 5) is 2.99. The molecule has 15 unspecified atom stereocenters. The van der Waals surface area contributed by atoms with Gasteiger partial charge in [0.05, 0.1) is 52.4 Å². The minimum absolute atomic E-state index is 0.0334. The molecule has 98 heavy (non-hydrogen) atoms. The van der Waals surface area contributed by atoms with Crippen molar-refractivity contribution < 1.29 is 163 Å². The highest BCUT2D eigenvalue weighted by atomic mass is 16.8. The zero-order valence-electron chi connectivity index (χ0n) is 56.6. The maximum absolute atomic E-state index is 11.7. The van der Waals surface area contributed by atoms with Gasteiger partial charge in [0.2, 0.25) is 0 Å². The quantitative estimate of drug-likeness (QED) is 0.0241. The monoisotopic (exact) mass is 1420 g/mol. The first-order chi connectivity index (χ1) is 47.6. The molecule has 10 rings (SSSR count). The van der Waals surface area contributed by atoms with Crippen molar-refractivity contribution in [2.24, 2.45) is 5.11 Å². The zero-order valence-corrected chi connectivity index (χ0v) is 56.6. The van der Waals surface area contributed by atoms with Crippen LogP contribution < -0.4 is 0 Å². The molecule has 36 atom stereocenters. The first-order valence-electron chi connectivity index (χ1n) is 32.2. The summed E-state index contributed by atoms with van der Waals surface area (Å²) in [5.41, 5.74) is 10.1. The smallest absolute Gasteiger partial charge is 0.187 e. The number of ether oxygens (including phenoxy) is 28. The topological polar surface area (TPSA) is 429 Å². The summed E-state index contributed by atoms with van der Waals surface area (Å²) < 4.78 is 174. The standard InChI is InChI=1S/C61H97N3O34/c1-71-20-28-42(96-58-50(79-9)46(75-5)40(27(19-66)86-58)94-56-36(69)34(67)38(26(18-65)85-56)93-57-37(70)35(68)39-31(88-57)23-83-54(92-39)25-16-14-13-15-17-25)47(76-6)52(81-11)60(90-28)98-44-30(22-73-3)91-61(53(82-12)49(44)78-8)97-43-29(21-72-2)89-59(51(80-10)48(43)77-7)95-41-32-24-84-55(87-32)33(63-64-62)45(41)74-4/h13-17,26-61,65-70H,18-24H2,1-12H3/t26-,27?,28?,29-,30-,31-,32?,33?,34?,35?,36?,37?,38+,39+,40+,41-,42+,43+,44+,45-,46-,47-,48?,49?,50?,51?,52?,53?,54?,55+,56-,57+,58-,59-,60-,61+/m0/s1. The Labute approximate surface area is 566 Å². The molecule has 2 bridgehead atoms. The van der Waals surface area contributed by atoms with E-state index in [-0.39, 0.29) is 33.0 Å². The predicted octanol–water partition coefficient (Wildman–Crippen LogP) is -3.30. The van der Waals surface area contributed by atoms with Crippen molar-refractivity contribution in [1.82, 2.24) is 0 Å². The largest absolute Gasteiger partial charge is 0.394 e. The number of rotatable bonds is 31. The summed E-state index contributed by atoms with van der Waals surface area (Å²) in [6.45, 7) is -1.72. The fourth-order valence-corrected chi connectivity index (χ4v) is 14.4. The van der Waals surface area contributed by atoms with Gasteiger partial charge in [-0.3, -0.25) is 0 Å². The fourth-order valence-electron chi connectivity index (χ4n) is 14.4. The molecule has 0 saturated carbocycles. The van der Waals surface area contributed by atoms with E-state index in [1.54, 1.807) is 24.3 Å². The second-order valence-corrected chi connectivity index (χ2v) is 24.6. The molecule has 0 radical (unpaired) electrons. The Morgan fingerprint density at radius 3 is 1.20 bits per heavy atom. The third-order valence-corrected chi connectivity index (χ3v) is 19.2. The summed E-state index contributed by atoms with van der Waals surface area (Å²) in [6.07, 6.45) is -41.7. The van der Waals surface area contributed by atoms with Crippen molar-refractivity contribution in [2.75, 3.05) is 132 Å². The predicted molar refractivity (Wildman–Crippen MR) is 320 cm³/mol. The van der Waals surface area contributed by atoms with E-state index < -0.39 is 234 Å². The second kappa shape index (κ2) is 36.2. The summed E-state index contributed by atoms with van der Waals surface area (Å²) in [7, 11) is 17.3. The Morgan fingerprint density at radius 2 is 0.765 bits per heavy atom. The van der Waals surface area contributed by atoms with Gasteiger partial charge in [-0.05, 0) is 5.53 Å². The number of hydrogen-bond donors (Lipinski definition) is 6. The van der Waals surface area contributed by atoms with Gasteiger partial charge in [-0.25, -0.2) is 0 Å². The van der Waals surface area contributed by atoms with E-state index in [1.165, 1.54) is 85.3 Å². The average Bonchev–Trinajstić information content (AvgIpc) is 1.58. The van der Waals surface area contributed by atoms with Gasteiger partial charge in [0.1, 0.15) is 165 Å². The number of aliphatic hydroxyl groups excluding tert-OH is 6. The lowest BCUT2D eigenvalue weighted by molar-refractivity contribution is -0.404. The van der Waals surface area contributed by atoms with Gasteiger partial charge >= 0.3 is 0 Å². The lowest BCUT2D eigenvalue weighted by Crippen LogP contribution is -2.69. The number of azide groups is 1. The van der Waals surface area contributed by atoms with Crippen LogP contribution in [0, 0.1) is 0 Å². The van der Waals surface area contributed by atoms with Crippen LogP contribution in [0.3, 0.4) is 0 Å². The molecule has 0 aliphatic carbocycles. The number of nitrogens with zero attached hydrogens (tertiary/aromatic N) is 3. The fraction of sp³-hybridized carbons (Fsp3) is 0.902. The van der Waals surface area contributed by atoms with Gasteiger partial charge in [-0.15, -0.1) is 0 Å². The third-order valence-electron chi connectivity index (χ3n) is 19.2. The Balaban J connectivity index is 0.807. The van der Waals surface area contributed by atoms with Gasteiger partial charge in [0, 0.05) is 95.8 Å². The Kier molecular flexibility index (Phi) is 28.8. The van der Waals surface area contributed by atoms with Crippen LogP contribution >= 0.6 is 0 Å². The molecule has 6 N–H and O–H groups in total. The van der Waals surface area contributed by atoms with Crippen molar-refractivity contribution in [3.8, 4) is 0 Å². The van der Waals surface area contributed by atoms with E-state index in [1.807, 2.05) is 6.07 Å². The van der Waals surface area contributed by atoms with Crippen molar-refractivity contribution in [2.45, 2.75) is 221 Å². The molecular formula is C61H97N3O34. The molecule has 0 amide bonds. The molecule has 560 valence electrons. The van der Waals surface area contributed by atoms with Crippen molar-refractivity contribution in [3.05, 3.63) is 46.3 Å². The minimum Gasteiger partial charge on any atom is -0.394 e. The summed E-state index contributed by atoms with van der Waals surface area (Å²) >= 11 is 0. The lowest BCUT2D eigenvalue weighted by atomic mass is 9.94. The molecule has 9 aliphatic heterocycles. The van der Waals surface area contributed by atoms with E-state index in [0.29, 0.717) is 5.56 Å². The average molecular weight is 1420 g/mol. The molecule has 0 spiro atoms. The molecule has 37 heteroatoms. The highest BCUT2D eigenvalue weighted by molar-refractivity contribution is 5.17. The second-order valence-electron chi connectivity index (χ2n) is 24.6. The zero-order chi connectivity index (χ0) is 70.1. The molecular weight excluding hydrogens is 1320 g/mol. The summed E-state index contributed by atoms with van der Waals surface area (Å²) in [5.74, 6) is 0. The normalized spacial score (nSPS) is 46.7. The summed E-state index contributed by atoms with van der Waals surface area (Å²) in [6, 6.07) is 8.12. The Morgan fingerprint density at radius 1 is 0.388 bits per heavy atom. The Bertz CT molecular complexity index is 2580. The maximum Gasteiger partial charge on any atom is 0.187 e. The van der Waals surface area contributed by atoms with Gasteiger partial charge in [-0.2, -0.15) is 0 Å². The van der Waals surface area contributed by atoms with Crippen molar-refractivity contribution in [3.63, 3.8) is 0 Å². The van der Waals surface area contributed by atoms with Crippen molar-refractivity contribution in [1.29, 1.82) is 0 Å². The number of benzene rings is 1. The molecule has 0 aromatic heterocycles. The van der Waals surface area contributed by atoms with Crippen LogP contribution in [-0.4, -0.2) is 377 Å². The SMILES string of the molecule is COCC1O[C@@H](O[C@H]2C(OC)C(OC)[C@@H](O[C@H]3C(OC)C(OC)[C@H](O[C@H]4C5CO[C@H](O5)C(N=[N+]=[N-])[C@@H]4OC)O[C@H]3COC)O[C@H]2COC)C(OC)[C@@H](OC)[C@@H]1O[C@@H]1OC(CO)[C@@H](O[C@@H]2O[C@@H](CO)[C@@H](O[C@H]3O[C@H]4COC(c5ccccc5)O[C@H]4C(O)C3O)C(O)C2O)[C@H](OC)C1OC. The molecule has 9 saturated heterocycles. The molecule has 9 heterocycles. The van der Waals surface area contributed by atoms with E-state index in [2.05, 4.69) is 10.0 Å². The van der Waals surface area contributed by atoms with Crippen molar-refractivity contribution >= 4 is 0 Å². The Hall–Kier alpha value is -2.83. The highest BCUT2D eigenvalue weighted by Crippen LogP contribution is 2.43. The molecule has 37 nitrogen and oxygen atoms in total. The number of methoxy groups -OCH3 is 12. The number of fused-ring (bicyclic) bond motifs is 3. The van der Waals surface area contributed by atoms with E-state index in [0.717, 1.165) is 0 Å². The van der Waals surface area contributed by atoms with Crippen LogP contribution in [0.4, 0.5) is 0 Å². The van der Waals surface area contributed by atoms with Crippen LogP contribution in [0.25, 0.3) is 10.4 Å². The van der Waals surface area contributed by atoms with Crippen LogP contribution in [0.5, 0.6) is 0 Å². The molecule has 1 aromatic rings. The highest BCUT2D eigenvalue weighted by Gasteiger charge is 2.61. The van der Waals surface area contributed by atoms with Gasteiger partial charge in [-0.1, -0.05) is 35.4 Å². The molecule has 9 fully saturated rings. The van der Waals surface area contributed by atoms with E-state index >= 15 is 0 Å². The van der Waals surface area contributed by atoms with Crippen LogP contribution in [0.2, 0.25) is 0 Å². The summed E-state index contributed by atoms with van der Waals surface area (Å²) in [5, 5.41) is 71.4. The molecule has 9 aliphatic rings.